The summed E-state index contributed by atoms with van der Waals surface area (Å²) < 4.78 is 65.7. The minimum absolute atomic E-state index is 0.172. The van der Waals surface area contributed by atoms with Crippen molar-refractivity contribution in [2.24, 2.45) is 5.84 Å². The number of rotatable bonds is 5. The van der Waals surface area contributed by atoms with Crippen LogP contribution in [0.3, 0.4) is 0 Å². The van der Waals surface area contributed by atoms with Crippen molar-refractivity contribution in [3.8, 4) is 0 Å². The number of nitrogens with two attached hydrogens (primary N) is 1. The molecule has 0 aliphatic carbocycles. The van der Waals surface area contributed by atoms with E-state index < -0.39 is 40.7 Å². The molecule has 102 valence electrons. The molecular weight excluding hydrogens is 255 g/mol. The van der Waals surface area contributed by atoms with E-state index >= 15 is 0 Å². The van der Waals surface area contributed by atoms with Crippen molar-refractivity contribution >= 4 is 0 Å². The first kappa shape index (κ1) is 14.8. The van der Waals surface area contributed by atoms with E-state index in [1.807, 2.05) is 6.92 Å². The zero-order valence-corrected chi connectivity index (χ0v) is 9.67. The standard InChI is InChI=1S/C11H13F5N2/c1-2-3-4-5(18-17)6-7(12)9(14)11(16)10(15)8(6)13/h5,18H,2-4,17H2,1H3. The van der Waals surface area contributed by atoms with Crippen molar-refractivity contribution in [1.29, 1.82) is 0 Å². The third kappa shape index (κ3) is 2.62. The molecular formula is C11H13F5N2. The minimum atomic E-state index is -2.17. The van der Waals surface area contributed by atoms with Gasteiger partial charge in [-0.25, -0.2) is 22.0 Å². The van der Waals surface area contributed by atoms with Crippen LogP contribution in [0.15, 0.2) is 0 Å². The highest BCUT2D eigenvalue weighted by Crippen LogP contribution is 2.29. The average Bonchev–Trinajstić information content (AvgIpc) is 2.38. The van der Waals surface area contributed by atoms with Crippen molar-refractivity contribution in [2.45, 2.75) is 32.2 Å². The van der Waals surface area contributed by atoms with Crippen LogP contribution in [0.2, 0.25) is 0 Å². The monoisotopic (exact) mass is 268 g/mol. The van der Waals surface area contributed by atoms with E-state index in [4.69, 9.17) is 5.84 Å². The molecule has 0 spiro atoms. The highest BCUT2D eigenvalue weighted by Gasteiger charge is 2.29. The van der Waals surface area contributed by atoms with Gasteiger partial charge in [-0.15, -0.1) is 0 Å². The lowest BCUT2D eigenvalue weighted by Gasteiger charge is -2.18. The molecule has 0 bridgehead atoms. The molecule has 1 aromatic rings. The van der Waals surface area contributed by atoms with E-state index in [9.17, 15) is 22.0 Å². The Bertz CT molecular complexity index is 407. The minimum Gasteiger partial charge on any atom is -0.271 e. The first-order valence-corrected chi connectivity index (χ1v) is 5.43. The van der Waals surface area contributed by atoms with Gasteiger partial charge in [0.2, 0.25) is 5.82 Å². The molecule has 0 saturated carbocycles. The van der Waals surface area contributed by atoms with Crippen molar-refractivity contribution < 1.29 is 22.0 Å². The van der Waals surface area contributed by atoms with Gasteiger partial charge in [0.25, 0.3) is 0 Å². The van der Waals surface area contributed by atoms with Crippen LogP contribution in [0.1, 0.15) is 37.8 Å². The molecule has 1 atom stereocenters. The molecule has 0 radical (unpaired) electrons. The van der Waals surface area contributed by atoms with E-state index in [2.05, 4.69) is 5.43 Å². The summed E-state index contributed by atoms with van der Waals surface area (Å²) in [4.78, 5) is 0. The van der Waals surface area contributed by atoms with E-state index in [1.54, 1.807) is 0 Å². The van der Waals surface area contributed by atoms with Gasteiger partial charge in [-0.2, -0.15) is 0 Å². The lowest BCUT2D eigenvalue weighted by molar-refractivity contribution is 0.351. The fourth-order valence-corrected chi connectivity index (χ4v) is 1.65. The summed E-state index contributed by atoms with van der Waals surface area (Å²) >= 11 is 0. The molecule has 3 N–H and O–H groups in total. The topological polar surface area (TPSA) is 38.0 Å². The van der Waals surface area contributed by atoms with Gasteiger partial charge in [0.1, 0.15) is 0 Å². The number of hydrogen-bond acceptors (Lipinski definition) is 2. The fraction of sp³-hybridized carbons (Fsp3) is 0.455. The number of hydrogen-bond donors (Lipinski definition) is 2. The Labute approximate surface area is 101 Å². The molecule has 0 amide bonds. The number of nitrogens with one attached hydrogen (secondary N) is 1. The normalized spacial score (nSPS) is 12.8. The Morgan fingerprint density at radius 2 is 1.39 bits per heavy atom. The first-order valence-electron chi connectivity index (χ1n) is 5.43. The summed E-state index contributed by atoms with van der Waals surface area (Å²) in [5.41, 5.74) is 1.16. The van der Waals surface area contributed by atoms with E-state index in [0.717, 1.165) is 0 Å². The van der Waals surface area contributed by atoms with Crippen LogP contribution >= 0.6 is 0 Å². The van der Waals surface area contributed by atoms with Gasteiger partial charge < -0.3 is 0 Å². The first-order chi connectivity index (χ1) is 8.45. The quantitative estimate of drug-likeness (QED) is 0.283. The third-order valence-electron chi connectivity index (χ3n) is 2.64. The number of unbranched alkanes of at least 4 members (excludes halogenated alkanes) is 1. The largest absolute Gasteiger partial charge is 0.271 e. The Morgan fingerprint density at radius 1 is 0.944 bits per heavy atom. The second kappa shape index (κ2) is 6.10. The van der Waals surface area contributed by atoms with Gasteiger partial charge in [0, 0.05) is 5.56 Å². The summed E-state index contributed by atoms with van der Waals surface area (Å²) in [6.07, 6.45) is 1.41. The number of benzene rings is 1. The average molecular weight is 268 g/mol. The van der Waals surface area contributed by atoms with Crippen LogP contribution in [0, 0.1) is 29.1 Å². The summed E-state index contributed by atoms with van der Waals surface area (Å²) in [5.74, 6) is -4.67. The molecule has 18 heavy (non-hydrogen) atoms. The van der Waals surface area contributed by atoms with Gasteiger partial charge in [-0.1, -0.05) is 19.8 Å². The summed E-state index contributed by atoms with van der Waals surface area (Å²) in [6.45, 7) is 1.83. The molecule has 1 rings (SSSR count). The van der Waals surface area contributed by atoms with Crippen molar-refractivity contribution in [3.63, 3.8) is 0 Å². The van der Waals surface area contributed by atoms with Crippen LogP contribution in [0.4, 0.5) is 22.0 Å². The Balaban J connectivity index is 3.30. The molecule has 0 saturated heterocycles. The molecule has 1 unspecified atom stereocenters. The molecule has 0 aromatic heterocycles. The Kier molecular flexibility index (Phi) is 5.03. The van der Waals surface area contributed by atoms with E-state index in [0.29, 0.717) is 12.8 Å². The SMILES string of the molecule is CCCCC(NN)c1c(F)c(F)c(F)c(F)c1F. The summed E-state index contributed by atoms with van der Waals surface area (Å²) in [5, 5.41) is 0. The van der Waals surface area contributed by atoms with Crippen LogP contribution in [-0.2, 0) is 0 Å². The Morgan fingerprint density at radius 3 is 1.78 bits per heavy atom. The predicted octanol–water partition coefficient (Wildman–Crippen LogP) is 3.08. The lowest BCUT2D eigenvalue weighted by atomic mass is 10.00. The maximum absolute atomic E-state index is 13.5. The smallest absolute Gasteiger partial charge is 0.200 e. The fourth-order valence-electron chi connectivity index (χ4n) is 1.65. The van der Waals surface area contributed by atoms with E-state index in [-0.39, 0.29) is 6.42 Å². The second-order valence-electron chi connectivity index (χ2n) is 3.85. The van der Waals surface area contributed by atoms with Gasteiger partial charge in [-0.05, 0) is 6.42 Å². The highest BCUT2D eigenvalue weighted by atomic mass is 19.2. The Hall–Kier alpha value is -1.21. The molecule has 0 heterocycles. The summed E-state index contributed by atoms with van der Waals surface area (Å²) in [6, 6.07) is -1.12. The predicted molar refractivity (Wildman–Crippen MR) is 55.8 cm³/mol. The number of hydrazine groups is 1. The molecule has 2 nitrogen and oxygen atoms in total. The van der Waals surface area contributed by atoms with Gasteiger partial charge >= 0.3 is 0 Å². The second-order valence-corrected chi connectivity index (χ2v) is 3.85. The molecule has 0 aliphatic heterocycles. The molecule has 0 fully saturated rings. The maximum atomic E-state index is 13.5. The van der Waals surface area contributed by atoms with Crippen molar-refractivity contribution in [3.05, 3.63) is 34.6 Å². The van der Waals surface area contributed by atoms with Gasteiger partial charge in [-0.3, -0.25) is 11.3 Å². The molecule has 1 aromatic carbocycles. The van der Waals surface area contributed by atoms with Gasteiger partial charge in [0.15, 0.2) is 23.3 Å². The van der Waals surface area contributed by atoms with E-state index in [1.165, 1.54) is 0 Å². The van der Waals surface area contributed by atoms with Crippen LogP contribution < -0.4 is 11.3 Å². The zero-order chi connectivity index (χ0) is 13.9. The molecule has 0 aliphatic rings. The number of halogens is 5. The zero-order valence-electron chi connectivity index (χ0n) is 9.67. The van der Waals surface area contributed by atoms with Crippen LogP contribution in [-0.4, -0.2) is 0 Å². The third-order valence-corrected chi connectivity index (χ3v) is 2.64. The van der Waals surface area contributed by atoms with Crippen LogP contribution in [0.5, 0.6) is 0 Å². The maximum Gasteiger partial charge on any atom is 0.200 e. The van der Waals surface area contributed by atoms with Crippen molar-refractivity contribution in [1.82, 2.24) is 5.43 Å². The highest BCUT2D eigenvalue weighted by molar-refractivity contribution is 5.27. The summed E-state index contributed by atoms with van der Waals surface area (Å²) in [7, 11) is 0. The molecule has 7 heteroatoms. The van der Waals surface area contributed by atoms with Crippen molar-refractivity contribution in [2.75, 3.05) is 0 Å². The van der Waals surface area contributed by atoms with Gasteiger partial charge in [0.05, 0.1) is 6.04 Å². The lowest BCUT2D eigenvalue weighted by Crippen LogP contribution is -2.30. The van der Waals surface area contributed by atoms with Crippen LogP contribution in [0.25, 0.3) is 0 Å².